The number of halogens is 4. The van der Waals surface area contributed by atoms with Gasteiger partial charge in [-0.2, -0.15) is 13.2 Å². The lowest BCUT2D eigenvalue weighted by atomic mass is 10.2. The van der Waals surface area contributed by atoms with Crippen LogP contribution in [0.25, 0.3) is 0 Å². The summed E-state index contributed by atoms with van der Waals surface area (Å²) in [6, 6.07) is 3.30. The first kappa shape index (κ1) is 14.2. The van der Waals surface area contributed by atoms with Crippen LogP contribution in [0.1, 0.15) is 10.4 Å². The van der Waals surface area contributed by atoms with Crippen LogP contribution in [0.2, 0.25) is 5.02 Å². The van der Waals surface area contributed by atoms with Gasteiger partial charge in [0.05, 0.1) is 10.5 Å². The lowest BCUT2D eigenvalue weighted by Gasteiger charge is -2.09. The Bertz CT molecular complexity index is 490. The highest BCUT2D eigenvalue weighted by Gasteiger charge is 2.29. The summed E-state index contributed by atoms with van der Waals surface area (Å²) in [6.07, 6.45) is -4.57. The zero-order valence-electron chi connectivity index (χ0n) is 8.62. The number of rotatable bonds is 3. The number of carbonyl (C=O) groups is 1. The summed E-state index contributed by atoms with van der Waals surface area (Å²) in [5.41, 5.74) is -0.925. The van der Waals surface area contributed by atoms with Crippen LogP contribution in [-0.4, -0.2) is 23.6 Å². The van der Waals surface area contributed by atoms with Gasteiger partial charge in [0.1, 0.15) is 11.6 Å². The molecule has 0 bridgehead atoms. The van der Waals surface area contributed by atoms with Gasteiger partial charge < -0.3 is 5.32 Å². The summed E-state index contributed by atoms with van der Waals surface area (Å²) < 4.78 is 35.7. The van der Waals surface area contributed by atoms with Crippen molar-refractivity contribution in [2.24, 2.45) is 0 Å². The van der Waals surface area contributed by atoms with E-state index in [0.717, 1.165) is 18.2 Å². The molecular formula is C9H6ClF3N2O3. The van der Waals surface area contributed by atoms with E-state index in [-0.39, 0.29) is 5.56 Å². The Morgan fingerprint density at radius 2 is 2.06 bits per heavy atom. The van der Waals surface area contributed by atoms with Gasteiger partial charge in [0.15, 0.2) is 0 Å². The maximum absolute atomic E-state index is 11.9. The summed E-state index contributed by atoms with van der Waals surface area (Å²) in [6.45, 7) is -1.54. The fourth-order valence-corrected chi connectivity index (χ4v) is 1.39. The number of hydrogen-bond acceptors (Lipinski definition) is 3. The molecule has 0 aliphatic rings. The maximum Gasteiger partial charge on any atom is 0.405 e. The quantitative estimate of drug-likeness (QED) is 0.684. The Labute approximate surface area is 104 Å². The summed E-state index contributed by atoms with van der Waals surface area (Å²) in [7, 11) is 0. The fraction of sp³-hybridized carbons (Fsp3) is 0.222. The zero-order chi connectivity index (χ0) is 13.9. The topological polar surface area (TPSA) is 72.2 Å². The molecule has 5 nitrogen and oxygen atoms in total. The molecule has 1 amide bonds. The molecule has 1 aromatic rings. The molecule has 1 N–H and O–H groups in total. The number of nitro groups is 1. The molecule has 18 heavy (non-hydrogen) atoms. The minimum atomic E-state index is -4.57. The minimum absolute atomic E-state index is 0.380. The van der Waals surface area contributed by atoms with E-state index < -0.39 is 34.3 Å². The first-order valence-electron chi connectivity index (χ1n) is 4.50. The molecule has 9 heteroatoms. The number of alkyl halides is 3. The molecule has 1 aromatic carbocycles. The predicted octanol–water partition coefficient (Wildman–Crippen LogP) is 2.54. The number of amides is 1. The molecule has 0 aromatic heterocycles. The van der Waals surface area contributed by atoms with Crippen molar-refractivity contribution in [1.29, 1.82) is 0 Å². The van der Waals surface area contributed by atoms with Gasteiger partial charge in [-0.25, -0.2) is 0 Å². The first-order valence-corrected chi connectivity index (χ1v) is 4.88. The van der Waals surface area contributed by atoms with Gasteiger partial charge in [-0.3, -0.25) is 14.9 Å². The van der Waals surface area contributed by atoms with Crippen LogP contribution in [0.3, 0.4) is 0 Å². The number of nitro benzene ring substituents is 1. The van der Waals surface area contributed by atoms with E-state index in [0.29, 0.717) is 0 Å². The second-order valence-corrected chi connectivity index (χ2v) is 3.57. The number of nitrogens with zero attached hydrogens (tertiary/aromatic N) is 1. The van der Waals surface area contributed by atoms with E-state index in [1.54, 1.807) is 5.32 Å². The summed E-state index contributed by atoms with van der Waals surface area (Å²) in [4.78, 5) is 21.1. The van der Waals surface area contributed by atoms with Gasteiger partial charge in [0.25, 0.3) is 11.6 Å². The second-order valence-electron chi connectivity index (χ2n) is 3.19. The van der Waals surface area contributed by atoms with Crippen LogP contribution in [0.4, 0.5) is 18.9 Å². The van der Waals surface area contributed by atoms with Crippen molar-refractivity contribution < 1.29 is 22.9 Å². The highest BCUT2D eigenvalue weighted by Crippen LogP contribution is 2.27. The minimum Gasteiger partial charge on any atom is -0.343 e. The van der Waals surface area contributed by atoms with Crippen molar-refractivity contribution >= 4 is 23.2 Å². The monoisotopic (exact) mass is 282 g/mol. The van der Waals surface area contributed by atoms with Crippen molar-refractivity contribution in [2.45, 2.75) is 6.18 Å². The zero-order valence-corrected chi connectivity index (χ0v) is 9.38. The molecule has 0 unspecified atom stereocenters. The third kappa shape index (κ3) is 3.59. The molecule has 0 saturated carbocycles. The van der Waals surface area contributed by atoms with Gasteiger partial charge in [-0.15, -0.1) is 0 Å². The van der Waals surface area contributed by atoms with Crippen molar-refractivity contribution in [1.82, 2.24) is 5.32 Å². The SMILES string of the molecule is O=C(NCC(F)(F)F)c1cccc([N+](=O)[O-])c1Cl. The summed E-state index contributed by atoms with van der Waals surface area (Å²) in [5.74, 6) is -1.12. The largest absolute Gasteiger partial charge is 0.405 e. The van der Waals surface area contributed by atoms with E-state index in [2.05, 4.69) is 0 Å². The Morgan fingerprint density at radius 1 is 1.44 bits per heavy atom. The predicted molar refractivity (Wildman–Crippen MR) is 56.5 cm³/mol. The lowest BCUT2D eigenvalue weighted by Crippen LogP contribution is -2.33. The second kappa shape index (κ2) is 5.21. The Balaban J connectivity index is 2.93. The average Bonchev–Trinajstić information content (AvgIpc) is 2.24. The Hall–Kier alpha value is -1.83. The summed E-state index contributed by atoms with van der Waals surface area (Å²) >= 11 is 5.56. The van der Waals surface area contributed by atoms with Crippen LogP contribution in [0, 0.1) is 10.1 Å². The van der Waals surface area contributed by atoms with Gasteiger partial charge >= 0.3 is 6.18 Å². The highest BCUT2D eigenvalue weighted by molar-refractivity contribution is 6.35. The number of hydrogen-bond donors (Lipinski definition) is 1. The van der Waals surface area contributed by atoms with Gasteiger partial charge in [0, 0.05) is 6.07 Å². The van der Waals surface area contributed by atoms with Crippen molar-refractivity contribution in [3.8, 4) is 0 Å². The van der Waals surface area contributed by atoms with Crippen LogP contribution in [-0.2, 0) is 0 Å². The molecule has 0 aliphatic heterocycles. The lowest BCUT2D eigenvalue weighted by molar-refractivity contribution is -0.384. The van der Waals surface area contributed by atoms with Crippen LogP contribution in [0.5, 0.6) is 0 Å². The first-order chi connectivity index (χ1) is 8.22. The Kier molecular flexibility index (Phi) is 4.12. The average molecular weight is 283 g/mol. The highest BCUT2D eigenvalue weighted by atomic mass is 35.5. The molecule has 0 aliphatic carbocycles. The third-order valence-electron chi connectivity index (χ3n) is 1.87. The number of benzene rings is 1. The fourth-order valence-electron chi connectivity index (χ4n) is 1.11. The smallest absolute Gasteiger partial charge is 0.343 e. The molecule has 0 heterocycles. The normalized spacial score (nSPS) is 11.1. The van der Waals surface area contributed by atoms with Crippen LogP contribution < -0.4 is 5.32 Å². The molecular weight excluding hydrogens is 277 g/mol. The maximum atomic E-state index is 11.9. The number of nitrogens with one attached hydrogen (secondary N) is 1. The van der Waals surface area contributed by atoms with Crippen molar-refractivity contribution in [3.63, 3.8) is 0 Å². The van der Waals surface area contributed by atoms with E-state index >= 15 is 0 Å². The van der Waals surface area contributed by atoms with Crippen LogP contribution in [0.15, 0.2) is 18.2 Å². The standard InChI is InChI=1S/C9H6ClF3N2O3/c10-7-5(2-1-3-6(7)15(17)18)8(16)14-4-9(11,12)13/h1-3H,4H2,(H,14,16). The van der Waals surface area contributed by atoms with Gasteiger partial charge in [-0.05, 0) is 6.07 Å². The van der Waals surface area contributed by atoms with E-state index in [9.17, 15) is 28.1 Å². The molecule has 0 atom stereocenters. The third-order valence-corrected chi connectivity index (χ3v) is 2.27. The summed E-state index contributed by atoms with van der Waals surface area (Å²) in [5, 5.41) is 11.6. The molecule has 0 fully saturated rings. The van der Waals surface area contributed by atoms with E-state index in [1.807, 2.05) is 0 Å². The van der Waals surface area contributed by atoms with Gasteiger partial charge in [0.2, 0.25) is 0 Å². The van der Waals surface area contributed by atoms with Crippen LogP contribution >= 0.6 is 11.6 Å². The molecule has 98 valence electrons. The van der Waals surface area contributed by atoms with Crippen molar-refractivity contribution in [3.05, 3.63) is 38.9 Å². The Morgan fingerprint density at radius 3 is 2.56 bits per heavy atom. The van der Waals surface area contributed by atoms with Crippen molar-refractivity contribution in [2.75, 3.05) is 6.54 Å². The van der Waals surface area contributed by atoms with E-state index in [1.165, 1.54) is 0 Å². The number of carbonyl (C=O) groups excluding carboxylic acids is 1. The molecule has 0 radical (unpaired) electrons. The molecule has 0 spiro atoms. The molecule has 0 saturated heterocycles. The van der Waals surface area contributed by atoms with Gasteiger partial charge in [-0.1, -0.05) is 17.7 Å². The van der Waals surface area contributed by atoms with E-state index in [4.69, 9.17) is 11.6 Å². The molecule has 1 rings (SSSR count).